The summed E-state index contributed by atoms with van der Waals surface area (Å²) >= 11 is 0. The van der Waals surface area contributed by atoms with Gasteiger partial charge in [0.15, 0.2) is 5.03 Å². The van der Waals surface area contributed by atoms with E-state index in [0.717, 1.165) is 12.8 Å². The molecule has 1 aromatic heterocycles. The van der Waals surface area contributed by atoms with Gasteiger partial charge in [0, 0.05) is 24.8 Å². The van der Waals surface area contributed by atoms with Gasteiger partial charge in [0.2, 0.25) is 0 Å². The Morgan fingerprint density at radius 2 is 2.29 bits per heavy atom. The van der Waals surface area contributed by atoms with Gasteiger partial charge in [0.25, 0.3) is 10.0 Å². The van der Waals surface area contributed by atoms with E-state index < -0.39 is 15.6 Å². The standard InChI is InChI=1S/C13H22N4O3S/c1-9-13(2,5-6-20-9)17-21(18,19)12-10(8-15-16-12)7-14-11-3-4-11/h8-9,11,14,17H,3-7H2,1-2H3,(H,15,16). The van der Waals surface area contributed by atoms with Crippen LogP contribution in [-0.4, -0.2) is 42.9 Å². The molecule has 1 saturated heterocycles. The number of H-pyrrole nitrogens is 1. The smallest absolute Gasteiger partial charge is 0.258 e. The van der Waals surface area contributed by atoms with Gasteiger partial charge in [0.1, 0.15) is 0 Å². The van der Waals surface area contributed by atoms with E-state index in [-0.39, 0.29) is 11.1 Å². The summed E-state index contributed by atoms with van der Waals surface area (Å²) in [6.45, 7) is 4.85. The molecular formula is C13H22N4O3S. The fraction of sp³-hybridized carbons (Fsp3) is 0.769. The van der Waals surface area contributed by atoms with Gasteiger partial charge >= 0.3 is 0 Å². The number of aromatic nitrogens is 2. The molecule has 2 unspecified atom stereocenters. The van der Waals surface area contributed by atoms with Crippen LogP contribution >= 0.6 is 0 Å². The third kappa shape index (κ3) is 3.13. The number of ether oxygens (including phenoxy) is 1. The molecule has 1 saturated carbocycles. The second-order valence-electron chi connectivity index (χ2n) is 6.17. The van der Waals surface area contributed by atoms with Gasteiger partial charge in [-0.1, -0.05) is 0 Å². The first-order chi connectivity index (χ1) is 9.91. The summed E-state index contributed by atoms with van der Waals surface area (Å²) < 4.78 is 33.5. The monoisotopic (exact) mass is 314 g/mol. The zero-order valence-electron chi connectivity index (χ0n) is 12.3. The Kier molecular flexibility index (Phi) is 3.81. The van der Waals surface area contributed by atoms with Crippen LogP contribution in [-0.2, 0) is 21.3 Å². The highest BCUT2D eigenvalue weighted by Crippen LogP contribution is 2.28. The van der Waals surface area contributed by atoms with E-state index in [1.165, 1.54) is 0 Å². The van der Waals surface area contributed by atoms with Gasteiger partial charge in [-0.3, -0.25) is 5.10 Å². The van der Waals surface area contributed by atoms with Crippen molar-refractivity contribution in [3.8, 4) is 0 Å². The molecule has 3 rings (SSSR count). The summed E-state index contributed by atoms with van der Waals surface area (Å²) in [5.41, 5.74) is 0.0927. The van der Waals surface area contributed by atoms with Crippen molar-refractivity contribution in [2.75, 3.05) is 6.61 Å². The van der Waals surface area contributed by atoms with E-state index in [1.807, 2.05) is 13.8 Å². The molecule has 21 heavy (non-hydrogen) atoms. The Labute approximate surface area is 124 Å². The third-order valence-electron chi connectivity index (χ3n) is 4.36. The van der Waals surface area contributed by atoms with Crippen molar-refractivity contribution in [2.24, 2.45) is 0 Å². The highest BCUT2D eigenvalue weighted by Gasteiger charge is 2.41. The summed E-state index contributed by atoms with van der Waals surface area (Å²) in [4.78, 5) is 0. The van der Waals surface area contributed by atoms with Crippen LogP contribution in [0.1, 0.15) is 38.7 Å². The minimum Gasteiger partial charge on any atom is -0.376 e. The molecule has 8 heteroatoms. The van der Waals surface area contributed by atoms with Gasteiger partial charge in [-0.15, -0.1) is 0 Å². The first-order valence-electron chi connectivity index (χ1n) is 7.32. The van der Waals surface area contributed by atoms with Crippen molar-refractivity contribution in [3.05, 3.63) is 11.8 Å². The fourth-order valence-corrected chi connectivity index (χ4v) is 4.15. The normalized spacial score (nSPS) is 29.9. The highest BCUT2D eigenvalue weighted by atomic mass is 32.2. The van der Waals surface area contributed by atoms with Gasteiger partial charge in [0.05, 0.1) is 17.8 Å². The van der Waals surface area contributed by atoms with Crippen molar-refractivity contribution in [2.45, 2.75) is 62.4 Å². The molecule has 2 atom stereocenters. The zero-order valence-corrected chi connectivity index (χ0v) is 13.2. The van der Waals surface area contributed by atoms with E-state index >= 15 is 0 Å². The van der Waals surface area contributed by atoms with Gasteiger partial charge in [-0.2, -0.15) is 5.10 Å². The largest absolute Gasteiger partial charge is 0.376 e. The number of rotatable bonds is 6. The van der Waals surface area contributed by atoms with Crippen LogP contribution in [0.2, 0.25) is 0 Å². The molecule has 7 nitrogen and oxygen atoms in total. The van der Waals surface area contributed by atoms with Gasteiger partial charge < -0.3 is 10.1 Å². The van der Waals surface area contributed by atoms with Crippen molar-refractivity contribution in [1.29, 1.82) is 0 Å². The average molecular weight is 314 g/mol. The van der Waals surface area contributed by atoms with Crippen molar-refractivity contribution in [1.82, 2.24) is 20.2 Å². The lowest BCUT2D eigenvalue weighted by molar-refractivity contribution is 0.0957. The van der Waals surface area contributed by atoms with Crippen LogP contribution < -0.4 is 10.0 Å². The third-order valence-corrected chi connectivity index (χ3v) is 5.99. The maximum Gasteiger partial charge on any atom is 0.258 e. The Morgan fingerprint density at radius 3 is 2.90 bits per heavy atom. The number of nitrogens with one attached hydrogen (secondary N) is 3. The molecule has 2 aliphatic rings. The van der Waals surface area contributed by atoms with E-state index in [1.54, 1.807) is 6.20 Å². The van der Waals surface area contributed by atoms with E-state index in [0.29, 0.717) is 31.2 Å². The summed E-state index contributed by atoms with van der Waals surface area (Å²) in [6, 6.07) is 0.518. The predicted octanol–water partition coefficient (Wildman–Crippen LogP) is 0.508. The molecule has 118 valence electrons. The van der Waals surface area contributed by atoms with Crippen LogP contribution in [0.25, 0.3) is 0 Å². The second kappa shape index (κ2) is 5.35. The second-order valence-corrected chi connectivity index (χ2v) is 7.78. The minimum absolute atomic E-state index is 0.149. The first kappa shape index (κ1) is 15.0. The van der Waals surface area contributed by atoms with Gasteiger partial charge in [-0.05, 0) is 33.1 Å². The maximum atomic E-state index is 12.6. The molecule has 2 fully saturated rings. The molecule has 1 aliphatic carbocycles. The number of aromatic amines is 1. The highest BCUT2D eigenvalue weighted by molar-refractivity contribution is 7.89. The van der Waals surface area contributed by atoms with Crippen LogP contribution in [0.3, 0.4) is 0 Å². The molecule has 0 radical (unpaired) electrons. The topological polar surface area (TPSA) is 96.1 Å². The Hall–Kier alpha value is -0.960. The molecule has 1 aromatic rings. The SMILES string of the molecule is CC1OCCC1(C)NS(=O)(=O)c1[nH]ncc1CNC1CC1. The molecule has 2 heterocycles. The summed E-state index contributed by atoms with van der Waals surface area (Å²) in [5.74, 6) is 0. The summed E-state index contributed by atoms with van der Waals surface area (Å²) in [6.07, 6.45) is 4.40. The Morgan fingerprint density at radius 1 is 1.52 bits per heavy atom. The summed E-state index contributed by atoms with van der Waals surface area (Å²) in [7, 11) is -3.64. The first-order valence-corrected chi connectivity index (χ1v) is 8.80. The lowest BCUT2D eigenvalue weighted by Gasteiger charge is -2.28. The predicted molar refractivity (Wildman–Crippen MR) is 77.2 cm³/mol. The molecular weight excluding hydrogens is 292 g/mol. The van der Waals surface area contributed by atoms with Gasteiger partial charge in [-0.25, -0.2) is 13.1 Å². The van der Waals surface area contributed by atoms with Crippen LogP contribution in [0, 0.1) is 0 Å². The van der Waals surface area contributed by atoms with E-state index in [9.17, 15) is 8.42 Å². The molecule has 0 amide bonds. The molecule has 0 spiro atoms. The summed E-state index contributed by atoms with van der Waals surface area (Å²) in [5, 5.41) is 9.96. The van der Waals surface area contributed by atoms with E-state index in [2.05, 4.69) is 20.2 Å². The number of nitrogens with zero attached hydrogens (tertiary/aromatic N) is 1. The number of hydrogen-bond acceptors (Lipinski definition) is 5. The Bertz CT molecular complexity index is 611. The minimum atomic E-state index is -3.64. The van der Waals surface area contributed by atoms with Crippen LogP contribution in [0.4, 0.5) is 0 Å². The lowest BCUT2D eigenvalue weighted by atomic mass is 9.97. The molecule has 0 aromatic carbocycles. The van der Waals surface area contributed by atoms with E-state index in [4.69, 9.17) is 4.74 Å². The quantitative estimate of drug-likeness (QED) is 0.711. The fourth-order valence-electron chi connectivity index (χ4n) is 2.53. The van der Waals surface area contributed by atoms with Crippen molar-refractivity contribution < 1.29 is 13.2 Å². The molecule has 0 bridgehead atoms. The maximum absolute atomic E-state index is 12.6. The Balaban J connectivity index is 1.76. The molecule has 1 aliphatic heterocycles. The lowest BCUT2D eigenvalue weighted by Crippen LogP contribution is -2.50. The molecule has 3 N–H and O–H groups in total. The van der Waals surface area contributed by atoms with Crippen LogP contribution in [0.5, 0.6) is 0 Å². The number of sulfonamides is 1. The van der Waals surface area contributed by atoms with Crippen molar-refractivity contribution >= 4 is 10.0 Å². The average Bonchev–Trinajstić information content (AvgIpc) is 3.01. The van der Waals surface area contributed by atoms with Crippen molar-refractivity contribution in [3.63, 3.8) is 0 Å². The number of hydrogen-bond donors (Lipinski definition) is 3. The van der Waals surface area contributed by atoms with Crippen LogP contribution in [0.15, 0.2) is 11.2 Å². The zero-order chi connectivity index (χ0) is 15.1.